The summed E-state index contributed by atoms with van der Waals surface area (Å²) in [5.41, 5.74) is 1.14. The van der Waals surface area contributed by atoms with Crippen molar-refractivity contribution in [2.75, 3.05) is 31.7 Å². The molecule has 0 aromatic carbocycles. The molecule has 4 nitrogen and oxygen atoms in total. The van der Waals surface area contributed by atoms with Gasteiger partial charge in [-0.15, -0.1) is 11.3 Å². The molecule has 0 spiro atoms. The van der Waals surface area contributed by atoms with Gasteiger partial charge in [-0.3, -0.25) is 0 Å². The third-order valence-electron chi connectivity index (χ3n) is 3.63. The third-order valence-corrected chi connectivity index (χ3v) is 4.53. The zero-order valence-corrected chi connectivity index (χ0v) is 14.3. The molecule has 0 saturated carbocycles. The first kappa shape index (κ1) is 17.4. The van der Waals surface area contributed by atoms with Gasteiger partial charge in [-0.05, 0) is 26.3 Å². The van der Waals surface area contributed by atoms with Crippen LogP contribution in [0.2, 0.25) is 0 Å². The molecule has 0 radical (unpaired) electrons. The molecule has 0 fully saturated rings. The van der Waals surface area contributed by atoms with Crippen molar-refractivity contribution in [2.45, 2.75) is 52.6 Å². The fourth-order valence-electron chi connectivity index (χ4n) is 2.37. The Morgan fingerprint density at radius 1 is 1.35 bits per heavy atom. The number of rotatable bonds is 10. The lowest BCUT2D eigenvalue weighted by molar-refractivity contribution is 0.202. The van der Waals surface area contributed by atoms with E-state index in [4.69, 9.17) is 9.72 Å². The van der Waals surface area contributed by atoms with E-state index in [0.29, 0.717) is 12.1 Å². The van der Waals surface area contributed by atoms with Crippen LogP contribution in [0, 0.1) is 0 Å². The van der Waals surface area contributed by atoms with Crippen LogP contribution in [0.5, 0.6) is 0 Å². The minimum absolute atomic E-state index is 0.316. The number of methoxy groups -OCH3 is 1. The average molecular weight is 299 g/mol. The van der Waals surface area contributed by atoms with E-state index in [1.807, 2.05) is 0 Å². The van der Waals surface area contributed by atoms with Crippen molar-refractivity contribution in [1.82, 2.24) is 10.3 Å². The molecule has 20 heavy (non-hydrogen) atoms. The van der Waals surface area contributed by atoms with E-state index in [1.165, 1.54) is 0 Å². The maximum absolute atomic E-state index is 5.25. The maximum Gasteiger partial charge on any atom is 0.185 e. The zero-order chi connectivity index (χ0) is 15.0. The number of nitrogens with zero attached hydrogens (tertiary/aromatic N) is 2. The van der Waals surface area contributed by atoms with Gasteiger partial charge in [0.2, 0.25) is 0 Å². The Labute approximate surface area is 127 Å². The number of hydrogen-bond acceptors (Lipinski definition) is 5. The summed E-state index contributed by atoms with van der Waals surface area (Å²) in [5.74, 6) is 0. The first-order valence-electron chi connectivity index (χ1n) is 7.62. The normalized spacial score (nSPS) is 12.9. The number of thiazole rings is 1. The Hall–Kier alpha value is -0.650. The van der Waals surface area contributed by atoms with Crippen LogP contribution in [0.1, 0.15) is 52.3 Å². The molecule has 0 amide bonds. The van der Waals surface area contributed by atoms with Gasteiger partial charge in [0.25, 0.3) is 0 Å². The van der Waals surface area contributed by atoms with Gasteiger partial charge in [-0.1, -0.05) is 20.8 Å². The first-order valence-corrected chi connectivity index (χ1v) is 8.50. The van der Waals surface area contributed by atoms with E-state index >= 15 is 0 Å². The van der Waals surface area contributed by atoms with E-state index in [-0.39, 0.29) is 0 Å². The number of anilines is 1. The Kier molecular flexibility index (Phi) is 8.11. The number of ether oxygens (including phenoxy) is 1. The summed E-state index contributed by atoms with van der Waals surface area (Å²) < 4.78 is 5.25. The van der Waals surface area contributed by atoms with E-state index in [9.17, 15) is 0 Å². The van der Waals surface area contributed by atoms with Crippen LogP contribution in [0.3, 0.4) is 0 Å². The second-order valence-corrected chi connectivity index (χ2v) is 5.83. The molecule has 1 aromatic heterocycles. The van der Waals surface area contributed by atoms with Crippen LogP contribution in [-0.4, -0.2) is 37.8 Å². The minimum atomic E-state index is 0.316. The molecule has 0 aliphatic rings. The van der Waals surface area contributed by atoms with Gasteiger partial charge in [0.05, 0.1) is 12.3 Å². The molecule has 1 heterocycles. The maximum atomic E-state index is 5.25. The van der Waals surface area contributed by atoms with E-state index < -0.39 is 0 Å². The van der Waals surface area contributed by atoms with Gasteiger partial charge < -0.3 is 15.0 Å². The van der Waals surface area contributed by atoms with Crippen molar-refractivity contribution in [3.05, 3.63) is 11.1 Å². The second-order valence-electron chi connectivity index (χ2n) is 4.99. The van der Waals surface area contributed by atoms with Gasteiger partial charge in [-0.25, -0.2) is 4.98 Å². The highest BCUT2D eigenvalue weighted by molar-refractivity contribution is 7.13. The topological polar surface area (TPSA) is 37.4 Å². The Balaban J connectivity index is 2.84. The SMILES string of the molecule is CCNC(C)c1csc(N(CCOC)C(CC)CC)n1. The zero-order valence-electron chi connectivity index (χ0n) is 13.5. The predicted octanol–water partition coefficient (Wildman–Crippen LogP) is 3.46. The molecule has 0 aliphatic heterocycles. The molecular weight excluding hydrogens is 270 g/mol. The van der Waals surface area contributed by atoms with Gasteiger partial charge in [-0.2, -0.15) is 0 Å². The summed E-state index contributed by atoms with van der Waals surface area (Å²) in [5, 5.41) is 6.71. The van der Waals surface area contributed by atoms with Gasteiger partial charge >= 0.3 is 0 Å². The van der Waals surface area contributed by atoms with E-state index in [2.05, 4.69) is 43.3 Å². The van der Waals surface area contributed by atoms with Crippen LogP contribution in [0.15, 0.2) is 5.38 Å². The van der Waals surface area contributed by atoms with Crippen LogP contribution < -0.4 is 10.2 Å². The molecular formula is C15H29N3OS. The average Bonchev–Trinajstić information content (AvgIpc) is 2.93. The van der Waals surface area contributed by atoms with Crippen LogP contribution in [0.25, 0.3) is 0 Å². The van der Waals surface area contributed by atoms with Crippen molar-refractivity contribution in [3.8, 4) is 0 Å². The lowest BCUT2D eigenvalue weighted by Gasteiger charge is -2.30. The molecule has 1 unspecified atom stereocenters. The number of hydrogen-bond donors (Lipinski definition) is 1. The number of nitrogens with one attached hydrogen (secondary N) is 1. The van der Waals surface area contributed by atoms with Crippen molar-refractivity contribution in [3.63, 3.8) is 0 Å². The molecule has 1 rings (SSSR count). The van der Waals surface area contributed by atoms with Crippen LogP contribution in [0.4, 0.5) is 5.13 Å². The van der Waals surface area contributed by atoms with E-state index in [0.717, 1.165) is 43.4 Å². The van der Waals surface area contributed by atoms with Gasteiger partial charge in [0.15, 0.2) is 5.13 Å². The summed E-state index contributed by atoms with van der Waals surface area (Å²) >= 11 is 1.74. The monoisotopic (exact) mass is 299 g/mol. The molecule has 0 bridgehead atoms. The molecule has 0 saturated heterocycles. The lowest BCUT2D eigenvalue weighted by atomic mass is 10.1. The van der Waals surface area contributed by atoms with E-state index in [1.54, 1.807) is 18.4 Å². The summed E-state index contributed by atoms with van der Waals surface area (Å²) in [4.78, 5) is 7.22. The summed E-state index contributed by atoms with van der Waals surface area (Å²) in [7, 11) is 1.76. The van der Waals surface area contributed by atoms with Crippen LogP contribution >= 0.6 is 11.3 Å². The molecule has 1 atom stereocenters. The Morgan fingerprint density at radius 3 is 2.60 bits per heavy atom. The van der Waals surface area contributed by atoms with Gasteiger partial charge in [0, 0.05) is 31.1 Å². The van der Waals surface area contributed by atoms with Crippen molar-refractivity contribution >= 4 is 16.5 Å². The summed E-state index contributed by atoms with van der Waals surface area (Å²) in [6, 6.07) is 0.856. The molecule has 0 aliphatic carbocycles. The quantitative estimate of drug-likeness (QED) is 0.718. The Morgan fingerprint density at radius 2 is 2.05 bits per heavy atom. The highest BCUT2D eigenvalue weighted by Crippen LogP contribution is 2.27. The fourth-order valence-corrected chi connectivity index (χ4v) is 3.39. The molecule has 116 valence electrons. The van der Waals surface area contributed by atoms with Crippen molar-refractivity contribution < 1.29 is 4.74 Å². The highest BCUT2D eigenvalue weighted by Gasteiger charge is 2.19. The number of aromatic nitrogens is 1. The third kappa shape index (κ3) is 4.72. The predicted molar refractivity (Wildman–Crippen MR) is 87.8 cm³/mol. The van der Waals surface area contributed by atoms with Gasteiger partial charge in [0.1, 0.15) is 0 Å². The standard InChI is InChI=1S/C15H29N3OS/c1-6-13(7-2)18(9-10-19-5)15-17-14(11-20-15)12(4)16-8-3/h11-13,16H,6-10H2,1-5H3. The molecule has 1 aromatic rings. The Bertz CT molecular complexity index is 366. The molecule has 5 heteroatoms. The van der Waals surface area contributed by atoms with Crippen molar-refractivity contribution in [1.29, 1.82) is 0 Å². The first-order chi connectivity index (χ1) is 9.67. The molecule has 1 N–H and O–H groups in total. The summed E-state index contributed by atoms with van der Waals surface area (Å²) in [6.45, 7) is 11.4. The fraction of sp³-hybridized carbons (Fsp3) is 0.800. The van der Waals surface area contributed by atoms with Crippen molar-refractivity contribution in [2.24, 2.45) is 0 Å². The summed E-state index contributed by atoms with van der Waals surface area (Å²) in [6.07, 6.45) is 2.27. The van der Waals surface area contributed by atoms with Crippen LogP contribution in [-0.2, 0) is 4.74 Å². The smallest absolute Gasteiger partial charge is 0.185 e. The largest absolute Gasteiger partial charge is 0.383 e. The lowest BCUT2D eigenvalue weighted by Crippen LogP contribution is -2.37. The second kappa shape index (κ2) is 9.32. The highest BCUT2D eigenvalue weighted by atomic mass is 32.1. The minimum Gasteiger partial charge on any atom is -0.383 e.